The van der Waals surface area contributed by atoms with E-state index in [1.807, 2.05) is 14.1 Å². The number of likely N-dealkylation sites (N-methyl/N-ethyl adjacent to an activating group) is 1. The molecule has 0 aliphatic carbocycles. The Morgan fingerprint density at radius 1 is 1.18 bits per heavy atom. The smallest absolute Gasteiger partial charge is 0.0259 e. The minimum atomic E-state index is 0.304. The molecule has 68 valence electrons. The fraction of sp³-hybridized carbons (Fsp3) is 1.00. The first-order valence-electron chi connectivity index (χ1n) is 4.09. The lowest BCUT2D eigenvalue weighted by atomic mass is 9.87. The number of hydrogen-bond acceptors (Lipinski definition) is 3. The minimum Gasteiger partial charge on any atom is -0.315 e. The van der Waals surface area contributed by atoms with Crippen molar-refractivity contribution in [3.8, 4) is 0 Å². The average Bonchev–Trinajstić information content (AvgIpc) is 1.87. The summed E-state index contributed by atoms with van der Waals surface area (Å²) in [5.74, 6) is 0. The van der Waals surface area contributed by atoms with Crippen LogP contribution in [0.4, 0.5) is 0 Å². The topological polar surface area (TPSA) is 36.1 Å². The van der Waals surface area contributed by atoms with Gasteiger partial charge in [-0.05, 0) is 19.5 Å². The van der Waals surface area contributed by atoms with Gasteiger partial charge in [0, 0.05) is 12.6 Å². The summed E-state index contributed by atoms with van der Waals surface area (Å²) in [5.41, 5.74) is 6.31. The summed E-state index contributed by atoms with van der Waals surface area (Å²) in [6, 6.07) is 0.495. The summed E-state index contributed by atoms with van der Waals surface area (Å²) in [6.07, 6.45) is 0. The maximum absolute atomic E-state index is 3.27. The lowest BCUT2D eigenvalue weighted by molar-refractivity contribution is 0.266. The Kier molecular flexibility index (Phi) is 4.65. The predicted molar refractivity (Wildman–Crippen MR) is 49.4 cm³/mol. The van der Waals surface area contributed by atoms with E-state index in [1.54, 1.807) is 0 Å². The minimum absolute atomic E-state index is 0.304. The molecule has 0 aromatic heterocycles. The molecule has 0 amide bonds. The molecule has 0 aliphatic heterocycles. The Balaban J connectivity index is 3.76. The zero-order valence-electron chi connectivity index (χ0n) is 8.28. The van der Waals surface area contributed by atoms with Gasteiger partial charge in [0.2, 0.25) is 0 Å². The zero-order chi connectivity index (χ0) is 8.91. The van der Waals surface area contributed by atoms with Crippen LogP contribution in [0.2, 0.25) is 0 Å². The quantitative estimate of drug-likeness (QED) is 0.518. The summed E-state index contributed by atoms with van der Waals surface area (Å²) < 4.78 is 0. The van der Waals surface area contributed by atoms with E-state index in [0.29, 0.717) is 11.5 Å². The maximum atomic E-state index is 3.27. The standard InChI is InChI=1S/C8H21N3/c1-8(2,3)7(9-4)6-11-10-5/h7,9-11H,6H2,1-5H3. The number of rotatable bonds is 4. The second-order valence-corrected chi connectivity index (χ2v) is 3.84. The largest absolute Gasteiger partial charge is 0.315 e. The first-order chi connectivity index (χ1) is 5.02. The zero-order valence-corrected chi connectivity index (χ0v) is 8.28. The summed E-state index contributed by atoms with van der Waals surface area (Å²) in [5, 5.41) is 3.27. The molecule has 0 rings (SSSR count). The van der Waals surface area contributed by atoms with Crippen LogP contribution in [0.5, 0.6) is 0 Å². The molecule has 1 unspecified atom stereocenters. The number of nitrogens with one attached hydrogen (secondary N) is 3. The second-order valence-electron chi connectivity index (χ2n) is 3.84. The van der Waals surface area contributed by atoms with E-state index in [1.165, 1.54) is 0 Å². The second kappa shape index (κ2) is 4.70. The van der Waals surface area contributed by atoms with Crippen LogP contribution in [-0.4, -0.2) is 26.7 Å². The highest BCUT2D eigenvalue weighted by molar-refractivity contribution is 4.80. The van der Waals surface area contributed by atoms with Crippen molar-refractivity contribution < 1.29 is 0 Å². The van der Waals surface area contributed by atoms with Crippen molar-refractivity contribution in [2.24, 2.45) is 5.41 Å². The number of hydrogen-bond donors (Lipinski definition) is 3. The molecule has 11 heavy (non-hydrogen) atoms. The first kappa shape index (κ1) is 10.9. The van der Waals surface area contributed by atoms with Gasteiger partial charge in [0.05, 0.1) is 0 Å². The fourth-order valence-electron chi connectivity index (χ4n) is 1.05. The molecule has 0 fully saturated rings. The predicted octanol–water partition coefficient (Wildman–Crippen LogP) is 0.345. The van der Waals surface area contributed by atoms with E-state index in [-0.39, 0.29) is 0 Å². The van der Waals surface area contributed by atoms with Gasteiger partial charge >= 0.3 is 0 Å². The summed E-state index contributed by atoms with van der Waals surface area (Å²) in [4.78, 5) is 0. The van der Waals surface area contributed by atoms with Crippen molar-refractivity contribution in [2.75, 3.05) is 20.6 Å². The lowest BCUT2D eigenvalue weighted by Crippen LogP contribution is -2.48. The Labute approximate surface area is 69.9 Å². The van der Waals surface area contributed by atoms with Crippen molar-refractivity contribution in [1.82, 2.24) is 16.2 Å². The SMILES string of the molecule is CNNCC(NC)C(C)(C)C. The van der Waals surface area contributed by atoms with Gasteiger partial charge in [-0.2, -0.15) is 0 Å². The molecule has 1 atom stereocenters. The van der Waals surface area contributed by atoms with Crippen molar-refractivity contribution in [3.63, 3.8) is 0 Å². The molecule has 3 heteroatoms. The van der Waals surface area contributed by atoms with Crippen LogP contribution in [0.25, 0.3) is 0 Å². The summed E-state index contributed by atoms with van der Waals surface area (Å²) >= 11 is 0. The van der Waals surface area contributed by atoms with Crippen molar-refractivity contribution >= 4 is 0 Å². The first-order valence-corrected chi connectivity index (χ1v) is 4.09. The molecule has 0 aromatic rings. The maximum Gasteiger partial charge on any atom is 0.0259 e. The van der Waals surface area contributed by atoms with Gasteiger partial charge in [0.15, 0.2) is 0 Å². The van der Waals surface area contributed by atoms with Gasteiger partial charge in [0.25, 0.3) is 0 Å². The van der Waals surface area contributed by atoms with Gasteiger partial charge in [-0.3, -0.25) is 10.9 Å². The van der Waals surface area contributed by atoms with E-state index in [9.17, 15) is 0 Å². The molecule has 0 aromatic carbocycles. The molecular weight excluding hydrogens is 138 g/mol. The van der Waals surface area contributed by atoms with Crippen molar-refractivity contribution in [1.29, 1.82) is 0 Å². The molecule has 0 saturated heterocycles. The third-order valence-corrected chi connectivity index (χ3v) is 1.88. The van der Waals surface area contributed by atoms with Gasteiger partial charge < -0.3 is 5.32 Å². The van der Waals surface area contributed by atoms with Crippen LogP contribution >= 0.6 is 0 Å². The van der Waals surface area contributed by atoms with Gasteiger partial charge in [-0.15, -0.1) is 0 Å². The van der Waals surface area contributed by atoms with Crippen LogP contribution < -0.4 is 16.2 Å². The summed E-state index contributed by atoms with van der Waals surface area (Å²) in [6.45, 7) is 7.62. The van der Waals surface area contributed by atoms with Crippen LogP contribution in [0.3, 0.4) is 0 Å². The van der Waals surface area contributed by atoms with E-state index >= 15 is 0 Å². The lowest BCUT2D eigenvalue weighted by Gasteiger charge is -2.30. The van der Waals surface area contributed by atoms with E-state index in [4.69, 9.17) is 0 Å². The van der Waals surface area contributed by atoms with Gasteiger partial charge in [0.1, 0.15) is 0 Å². The van der Waals surface area contributed by atoms with E-state index in [2.05, 4.69) is 36.9 Å². The summed E-state index contributed by atoms with van der Waals surface area (Å²) in [7, 11) is 3.88. The van der Waals surface area contributed by atoms with Crippen LogP contribution in [0, 0.1) is 5.41 Å². The Morgan fingerprint density at radius 3 is 2.00 bits per heavy atom. The molecule has 3 N–H and O–H groups in total. The molecule has 0 radical (unpaired) electrons. The van der Waals surface area contributed by atoms with E-state index < -0.39 is 0 Å². The molecule has 3 nitrogen and oxygen atoms in total. The third-order valence-electron chi connectivity index (χ3n) is 1.88. The third kappa shape index (κ3) is 4.35. The van der Waals surface area contributed by atoms with E-state index in [0.717, 1.165) is 6.54 Å². The molecule has 0 heterocycles. The average molecular weight is 159 g/mol. The highest BCUT2D eigenvalue weighted by atomic mass is 15.3. The highest BCUT2D eigenvalue weighted by Gasteiger charge is 2.21. The van der Waals surface area contributed by atoms with Gasteiger partial charge in [-0.25, -0.2) is 0 Å². The Hall–Kier alpha value is -0.120. The van der Waals surface area contributed by atoms with Crippen LogP contribution in [0.15, 0.2) is 0 Å². The van der Waals surface area contributed by atoms with Crippen molar-refractivity contribution in [2.45, 2.75) is 26.8 Å². The van der Waals surface area contributed by atoms with Crippen LogP contribution in [0.1, 0.15) is 20.8 Å². The highest BCUT2D eigenvalue weighted by Crippen LogP contribution is 2.17. The number of hydrazine groups is 1. The molecule has 0 spiro atoms. The molecule has 0 aliphatic rings. The van der Waals surface area contributed by atoms with Crippen LogP contribution in [-0.2, 0) is 0 Å². The molecule has 0 bridgehead atoms. The van der Waals surface area contributed by atoms with Crippen molar-refractivity contribution in [3.05, 3.63) is 0 Å². The molecule has 0 saturated carbocycles. The Bertz CT molecular complexity index is 96.0. The normalized spacial score (nSPS) is 15.0. The fourth-order valence-corrected chi connectivity index (χ4v) is 1.05. The monoisotopic (exact) mass is 159 g/mol. The molecular formula is C8H21N3. The van der Waals surface area contributed by atoms with Gasteiger partial charge in [-0.1, -0.05) is 20.8 Å². The Morgan fingerprint density at radius 2 is 1.73 bits per heavy atom.